The van der Waals surface area contributed by atoms with Gasteiger partial charge in [0.25, 0.3) is 5.91 Å². The summed E-state index contributed by atoms with van der Waals surface area (Å²) in [6.07, 6.45) is -4.00. The van der Waals surface area contributed by atoms with Gasteiger partial charge < -0.3 is 15.8 Å². The maximum Gasteiger partial charge on any atom is 0.416 e. The van der Waals surface area contributed by atoms with Crippen molar-refractivity contribution in [2.75, 3.05) is 19.4 Å². The molecule has 0 aliphatic rings. The van der Waals surface area contributed by atoms with Gasteiger partial charge in [0.05, 0.1) is 23.7 Å². The number of ether oxygens (including phenoxy) is 1. The number of rotatable bonds is 6. The summed E-state index contributed by atoms with van der Waals surface area (Å²) in [4.78, 5) is 22.5. The summed E-state index contributed by atoms with van der Waals surface area (Å²) in [5.41, 5.74) is 8.19. The van der Waals surface area contributed by atoms with Crippen LogP contribution in [-0.4, -0.2) is 34.1 Å². The maximum atomic E-state index is 13.4. The third-order valence-electron chi connectivity index (χ3n) is 6.01. The quantitative estimate of drug-likeness (QED) is 0.333. The van der Waals surface area contributed by atoms with Crippen LogP contribution in [0.2, 0.25) is 0 Å². The Bertz CT molecular complexity index is 1610. The molecule has 188 valence electrons. The molecular weight excluding hydrogens is 483 g/mol. The fraction of sp³-hybridized carbons (Fsp3) is 0.148. The van der Waals surface area contributed by atoms with Crippen LogP contribution in [0.1, 0.15) is 21.5 Å². The Labute approximate surface area is 209 Å². The Balaban J connectivity index is 1.56. The van der Waals surface area contributed by atoms with Crippen molar-refractivity contribution >= 4 is 33.9 Å². The first kappa shape index (κ1) is 24.1. The zero-order chi connectivity index (χ0) is 26.2. The topological polar surface area (TPSA) is 95.1 Å². The zero-order valence-electron chi connectivity index (χ0n) is 19.7. The number of nitrogens with zero attached hydrogens (tertiary/aromatic N) is 3. The second-order valence-corrected chi connectivity index (χ2v) is 8.38. The molecule has 0 radical (unpaired) electrons. The highest BCUT2D eigenvalue weighted by Crippen LogP contribution is 2.34. The molecule has 10 heteroatoms. The molecule has 0 fully saturated rings. The Morgan fingerprint density at radius 3 is 2.38 bits per heavy atom. The van der Waals surface area contributed by atoms with Crippen LogP contribution in [0.3, 0.4) is 0 Å². The Kier molecular flexibility index (Phi) is 6.16. The van der Waals surface area contributed by atoms with Gasteiger partial charge >= 0.3 is 6.18 Å². The smallest absolute Gasteiger partial charge is 0.416 e. The van der Waals surface area contributed by atoms with Crippen molar-refractivity contribution in [3.63, 3.8) is 0 Å². The van der Waals surface area contributed by atoms with Crippen molar-refractivity contribution in [3.8, 4) is 11.4 Å². The summed E-state index contributed by atoms with van der Waals surface area (Å²) in [6.45, 7) is 0.307. The minimum Gasteiger partial charge on any atom is -0.497 e. The summed E-state index contributed by atoms with van der Waals surface area (Å²) >= 11 is 0. The molecule has 3 aromatic carbocycles. The lowest BCUT2D eigenvalue weighted by Gasteiger charge is -2.12. The van der Waals surface area contributed by atoms with Crippen LogP contribution in [0.25, 0.3) is 27.9 Å². The normalized spacial score (nSPS) is 11.7. The van der Waals surface area contributed by atoms with Crippen LogP contribution in [0.15, 0.2) is 72.8 Å². The second-order valence-electron chi connectivity index (χ2n) is 8.38. The first-order valence-electron chi connectivity index (χ1n) is 11.4. The number of halogens is 3. The van der Waals surface area contributed by atoms with Crippen molar-refractivity contribution in [3.05, 3.63) is 89.5 Å². The number of carbonyl (C=O) groups is 1. The molecule has 0 unspecified atom stereocenters. The molecule has 37 heavy (non-hydrogen) atoms. The second kappa shape index (κ2) is 9.45. The van der Waals surface area contributed by atoms with E-state index in [1.807, 2.05) is 24.3 Å². The van der Waals surface area contributed by atoms with Crippen molar-refractivity contribution in [2.45, 2.75) is 12.6 Å². The number of anilines is 1. The van der Waals surface area contributed by atoms with Gasteiger partial charge in [-0.15, -0.1) is 0 Å². The molecule has 0 aliphatic carbocycles. The number of nitrogens with two attached hydrogens (primary N) is 1. The molecule has 0 bridgehead atoms. The molecule has 3 N–H and O–H groups in total. The molecule has 2 aromatic heterocycles. The number of amides is 1. The van der Waals surface area contributed by atoms with Crippen LogP contribution in [-0.2, 0) is 12.6 Å². The predicted octanol–water partition coefficient (Wildman–Crippen LogP) is 5.16. The fourth-order valence-corrected chi connectivity index (χ4v) is 4.17. The summed E-state index contributed by atoms with van der Waals surface area (Å²) in [7, 11) is 1.58. The van der Waals surface area contributed by atoms with Gasteiger partial charge in [-0.3, -0.25) is 9.36 Å². The monoisotopic (exact) mass is 505 g/mol. The molecular formula is C27H22F3N5O2. The van der Waals surface area contributed by atoms with Gasteiger partial charge in [-0.05, 0) is 54.4 Å². The van der Waals surface area contributed by atoms with Gasteiger partial charge in [0, 0.05) is 12.2 Å². The number of fused-ring (bicyclic) bond motifs is 2. The highest BCUT2D eigenvalue weighted by Gasteiger charge is 2.31. The van der Waals surface area contributed by atoms with Crippen LogP contribution < -0.4 is 15.8 Å². The first-order valence-corrected chi connectivity index (χ1v) is 11.4. The minimum absolute atomic E-state index is 0.0495. The minimum atomic E-state index is -4.55. The van der Waals surface area contributed by atoms with E-state index >= 15 is 0 Å². The number of alkyl halides is 3. The Morgan fingerprint density at radius 1 is 1.00 bits per heavy atom. The molecule has 0 saturated carbocycles. The van der Waals surface area contributed by atoms with E-state index in [2.05, 4.69) is 15.3 Å². The third kappa shape index (κ3) is 4.65. The van der Waals surface area contributed by atoms with E-state index in [1.165, 1.54) is 16.7 Å². The third-order valence-corrected chi connectivity index (χ3v) is 6.01. The van der Waals surface area contributed by atoms with Crippen molar-refractivity contribution < 1.29 is 22.7 Å². The number of aromatic nitrogens is 3. The van der Waals surface area contributed by atoms with Gasteiger partial charge in [-0.2, -0.15) is 13.2 Å². The molecule has 0 aliphatic heterocycles. The Morgan fingerprint density at radius 2 is 1.70 bits per heavy atom. The number of benzene rings is 3. The van der Waals surface area contributed by atoms with E-state index in [0.717, 1.165) is 23.4 Å². The van der Waals surface area contributed by atoms with Crippen molar-refractivity contribution in [1.29, 1.82) is 0 Å². The molecule has 0 atom stereocenters. The molecule has 5 rings (SSSR count). The van der Waals surface area contributed by atoms with Gasteiger partial charge in [-0.1, -0.05) is 30.3 Å². The van der Waals surface area contributed by atoms with E-state index in [4.69, 9.17) is 10.5 Å². The largest absolute Gasteiger partial charge is 0.497 e. The summed E-state index contributed by atoms with van der Waals surface area (Å²) < 4.78 is 46.8. The van der Waals surface area contributed by atoms with Crippen molar-refractivity contribution in [1.82, 2.24) is 19.9 Å². The highest BCUT2D eigenvalue weighted by atomic mass is 19.4. The molecule has 2 heterocycles. The first-order chi connectivity index (χ1) is 17.8. The standard InChI is InChI=1S/C27H22F3N5O2/c1-37-19-11-9-16(10-12-19)13-14-32-26(36)22-23-25(34-21-8-3-2-7-20(21)33-23)35(24(22)31)18-6-4-5-17(15-18)27(28,29)30/h2-12,15H,13-14,31H2,1H3,(H,32,36). The number of carbonyl (C=O) groups excluding carboxylic acids is 1. The maximum absolute atomic E-state index is 13.4. The summed E-state index contributed by atoms with van der Waals surface area (Å²) in [5, 5.41) is 2.85. The van der Waals surface area contributed by atoms with Crippen LogP contribution in [0, 0.1) is 0 Å². The summed E-state index contributed by atoms with van der Waals surface area (Å²) in [6, 6.07) is 19.2. The lowest BCUT2D eigenvalue weighted by molar-refractivity contribution is -0.137. The number of hydrogen-bond donors (Lipinski definition) is 2. The fourth-order valence-electron chi connectivity index (χ4n) is 4.17. The van der Waals surface area contributed by atoms with Crippen LogP contribution in [0.5, 0.6) is 5.75 Å². The van der Waals surface area contributed by atoms with Gasteiger partial charge in [0.2, 0.25) is 0 Å². The SMILES string of the molecule is COc1ccc(CCNC(=O)c2c(N)n(-c3cccc(C(F)(F)F)c3)c3nc4ccccc4nc23)cc1. The molecule has 7 nitrogen and oxygen atoms in total. The molecule has 0 spiro atoms. The van der Waals surface area contributed by atoms with E-state index in [1.54, 1.807) is 31.4 Å². The van der Waals surface area contributed by atoms with Crippen LogP contribution in [0.4, 0.5) is 19.0 Å². The average molecular weight is 506 g/mol. The molecule has 0 saturated heterocycles. The number of hydrogen-bond acceptors (Lipinski definition) is 5. The predicted molar refractivity (Wildman–Crippen MR) is 135 cm³/mol. The Hall–Kier alpha value is -4.60. The number of nitrogens with one attached hydrogen (secondary N) is 1. The van der Waals surface area contributed by atoms with E-state index in [9.17, 15) is 18.0 Å². The van der Waals surface area contributed by atoms with Crippen molar-refractivity contribution in [2.24, 2.45) is 0 Å². The average Bonchev–Trinajstić information content (AvgIpc) is 3.17. The lowest BCUT2D eigenvalue weighted by Crippen LogP contribution is -2.26. The van der Waals surface area contributed by atoms with Gasteiger partial charge in [0.1, 0.15) is 22.6 Å². The number of nitrogen functional groups attached to an aromatic ring is 1. The number of methoxy groups -OCH3 is 1. The van der Waals surface area contributed by atoms with E-state index in [0.29, 0.717) is 24.0 Å². The van der Waals surface area contributed by atoms with E-state index < -0.39 is 17.6 Å². The molecule has 5 aromatic rings. The highest BCUT2D eigenvalue weighted by molar-refractivity contribution is 6.11. The number of para-hydroxylation sites is 2. The van der Waals surface area contributed by atoms with Gasteiger partial charge in [-0.25, -0.2) is 9.97 Å². The van der Waals surface area contributed by atoms with E-state index in [-0.39, 0.29) is 28.2 Å². The molecule has 1 amide bonds. The lowest BCUT2D eigenvalue weighted by atomic mass is 10.1. The summed E-state index contributed by atoms with van der Waals surface area (Å²) in [5.74, 6) is 0.187. The zero-order valence-corrected chi connectivity index (χ0v) is 19.7. The van der Waals surface area contributed by atoms with Gasteiger partial charge in [0.15, 0.2) is 5.65 Å². The van der Waals surface area contributed by atoms with Crippen LogP contribution >= 0.6 is 0 Å².